The van der Waals surface area contributed by atoms with E-state index in [9.17, 15) is 19.8 Å². The molecular formula is C77H149NO5. The number of esters is 1. The first-order chi connectivity index (χ1) is 41.0. The van der Waals surface area contributed by atoms with Crippen LogP contribution in [0, 0.1) is 0 Å². The van der Waals surface area contributed by atoms with Crippen LogP contribution in [0.25, 0.3) is 0 Å². The Morgan fingerprint density at radius 2 is 0.602 bits per heavy atom. The maximum absolute atomic E-state index is 12.6. The van der Waals surface area contributed by atoms with E-state index in [2.05, 4.69) is 43.5 Å². The van der Waals surface area contributed by atoms with Crippen LogP contribution in [-0.2, 0) is 14.3 Å². The third-order valence-electron chi connectivity index (χ3n) is 18.0. The highest BCUT2D eigenvalue weighted by Gasteiger charge is 2.20. The number of rotatable bonds is 72. The molecule has 0 aromatic carbocycles. The van der Waals surface area contributed by atoms with Crippen LogP contribution in [0.2, 0.25) is 0 Å². The molecule has 83 heavy (non-hydrogen) atoms. The lowest BCUT2D eigenvalue weighted by atomic mass is 10.0. The van der Waals surface area contributed by atoms with Crippen molar-refractivity contribution in [2.24, 2.45) is 0 Å². The van der Waals surface area contributed by atoms with Crippen LogP contribution in [0.15, 0.2) is 24.3 Å². The molecule has 0 spiro atoms. The van der Waals surface area contributed by atoms with Gasteiger partial charge in [0.15, 0.2) is 0 Å². The number of aliphatic hydroxyl groups excluding tert-OH is 2. The molecule has 2 atom stereocenters. The lowest BCUT2D eigenvalue weighted by molar-refractivity contribution is -0.143. The van der Waals surface area contributed by atoms with Gasteiger partial charge < -0.3 is 20.3 Å². The van der Waals surface area contributed by atoms with Gasteiger partial charge in [0.25, 0.3) is 0 Å². The van der Waals surface area contributed by atoms with E-state index in [1.54, 1.807) is 0 Å². The third-order valence-corrected chi connectivity index (χ3v) is 18.0. The number of aliphatic hydroxyl groups is 2. The van der Waals surface area contributed by atoms with E-state index in [-0.39, 0.29) is 18.5 Å². The molecule has 0 aliphatic rings. The standard InChI is InChI=1S/C77H149NO5/c1-3-5-7-9-11-13-15-17-19-20-21-22-29-32-35-38-42-45-49-53-57-61-65-69-75(80)74(73-79)78-76(81)70-66-62-58-54-50-46-43-39-36-33-30-27-25-23-24-26-28-31-34-37-40-44-48-52-56-60-64-68-72-83-77(82)71-67-63-59-55-51-47-41-18-16-14-12-10-8-6-4-2/h12,14,18,41,74-75,79-80H,3-11,13,15-17,19-40,42-73H2,1-2H3,(H,78,81)/b14-12-,41-18-. The lowest BCUT2D eigenvalue weighted by Gasteiger charge is -2.22. The highest BCUT2D eigenvalue weighted by molar-refractivity contribution is 5.76. The first-order valence-corrected chi connectivity index (χ1v) is 38.1. The van der Waals surface area contributed by atoms with Crippen LogP contribution < -0.4 is 5.32 Å². The molecule has 0 aromatic heterocycles. The molecule has 6 nitrogen and oxygen atoms in total. The zero-order valence-electron chi connectivity index (χ0n) is 56.5. The highest BCUT2D eigenvalue weighted by Crippen LogP contribution is 2.20. The van der Waals surface area contributed by atoms with Crippen LogP contribution >= 0.6 is 0 Å². The predicted molar refractivity (Wildman–Crippen MR) is 366 cm³/mol. The van der Waals surface area contributed by atoms with Crippen molar-refractivity contribution in [3.8, 4) is 0 Å². The zero-order chi connectivity index (χ0) is 59.9. The molecule has 0 fully saturated rings. The van der Waals surface area contributed by atoms with Gasteiger partial charge in [-0.15, -0.1) is 0 Å². The average Bonchev–Trinajstić information content (AvgIpc) is 3.49. The molecule has 2 unspecified atom stereocenters. The SMILES string of the molecule is CCCCC/C=C\C/C=C\CCCCCCCC(=O)OCCCCCCCCCCCCCCCCCCCCCCCCCCCCCCC(=O)NC(CO)C(O)CCCCCCCCCCCCCCCCCCCCCCCCC. The summed E-state index contributed by atoms with van der Waals surface area (Å²) in [5.41, 5.74) is 0. The van der Waals surface area contributed by atoms with Gasteiger partial charge in [0.1, 0.15) is 0 Å². The number of amides is 1. The zero-order valence-corrected chi connectivity index (χ0v) is 56.5. The molecule has 0 saturated heterocycles. The lowest BCUT2D eigenvalue weighted by Crippen LogP contribution is -2.45. The molecule has 0 radical (unpaired) electrons. The summed E-state index contributed by atoms with van der Waals surface area (Å²) in [5, 5.41) is 23.5. The number of carbonyl (C=O) groups is 2. The Morgan fingerprint density at radius 1 is 0.337 bits per heavy atom. The van der Waals surface area contributed by atoms with Crippen molar-refractivity contribution in [1.82, 2.24) is 5.32 Å². The predicted octanol–water partition coefficient (Wildman–Crippen LogP) is 24.9. The maximum Gasteiger partial charge on any atom is 0.305 e. The van der Waals surface area contributed by atoms with Crippen molar-refractivity contribution < 1.29 is 24.5 Å². The minimum atomic E-state index is -0.663. The van der Waals surface area contributed by atoms with Crippen LogP contribution in [0.1, 0.15) is 431 Å². The molecule has 0 aliphatic carbocycles. The van der Waals surface area contributed by atoms with Crippen LogP contribution in [0.5, 0.6) is 0 Å². The number of hydrogen-bond acceptors (Lipinski definition) is 5. The van der Waals surface area contributed by atoms with Crippen molar-refractivity contribution in [2.75, 3.05) is 13.2 Å². The van der Waals surface area contributed by atoms with E-state index in [1.165, 1.54) is 347 Å². The fourth-order valence-electron chi connectivity index (χ4n) is 12.2. The Kier molecular flexibility index (Phi) is 71.4. The normalized spacial score (nSPS) is 12.6. The minimum Gasteiger partial charge on any atom is -0.466 e. The molecule has 0 bridgehead atoms. The maximum atomic E-state index is 12.6. The largest absolute Gasteiger partial charge is 0.466 e. The van der Waals surface area contributed by atoms with E-state index >= 15 is 0 Å². The molecular weight excluding hydrogens is 1020 g/mol. The average molecular weight is 1170 g/mol. The van der Waals surface area contributed by atoms with Crippen LogP contribution in [0.4, 0.5) is 0 Å². The van der Waals surface area contributed by atoms with Crippen molar-refractivity contribution in [3.63, 3.8) is 0 Å². The summed E-state index contributed by atoms with van der Waals surface area (Å²) in [5.74, 6) is -0.0208. The van der Waals surface area contributed by atoms with Gasteiger partial charge in [-0.2, -0.15) is 0 Å². The first-order valence-electron chi connectivity index (χ1n) is 38.1. The molecule has 1 amide bonds. The summed E-state index contributed by atoms with van der Waals surface area (Å²) in [7, 11) is 0. The summed E-state index contributed by atoms with van der Waals surface area (Å²) in [6.07, 6.45) is 92.5. The molecule has 6 heteroatoms. The van der Waals surface area contributed by atoms with Gasteiger partial charge in [0.05, 0.1) is 25.4 Å². The van der Waals surface area contributed by atoms with Gasteiger partial charge in [-0.05, 0) is 57.8 Å². The number of hydrogen-bond donors (Lipinski definition) is 3. The van der Waals surface area contributed by atoms with E-state index < -0.39 is 12.1 Å². The van der Waals surface area contributed by atoms with Crippen molar-refractivity contribution in [2.45, 2.75) is 443 Å². The number of ether oxygens (including phenoxy) is 1. The monoisotopic (exact) mass is 1170 g/mol. The minimum absolute atomic E-state index is 0.00574. The fourth-order valence-corrected chi connectivity index (χ4v) is 12.2. The number of carbonyl (C=O) groups excluding carboxylic acids is 2. The smallest absolute Gasteiger partial charge is 0.305 e. The quantitative estimate of drug-likeness (QED) is 0.0320. The highest BCUT2D eigenvalue weighted by atomic mass is 16.5. The third kappa shape index (κ3) is 69.3. The van der Waals surface area contributed by atoms with Gasteiger partial charge in [-0.25, -0.2) is 0 Å². The molecule has 0 aromatic rings. The second kappa shape index (κ2) is 72.8. The summed E-state index contributed by atoms with van der Waals surface area (Å²) < 4.78 is 5.49. The second-order valence-electron chi connectivity index (χ2n) is 26.3. The molecule has 0 heterocycles. The molecule has 0 saturated carbocycles. The van der Waals surface area contributed by atoms with Crippen molar-refractivity contribution >= 4 is 11.9 Å². The first kappa shape index (κ1) is 81.3. The van der Waals surface area contributed by atoms with Crippen molar-refractivity contribution in [1.29, 1.82) is 0 Å². The molecule has 0 aliphatic heterocycles. The molecule has 492 valence electrons. The van der Waals surface area contributed by atoms with Gasteiger partial charge in [-0.3, -0.25) is 9.59 Å². The van der Waals surface area contributed by atoms with E-state index in [4.69, 9.17) is 4.74 Å². The Hall–Kier alpha value is -1.66. The number of unbranched alkanes of at least 4 members (excludes halogenated alkanes) is 57. The molecule has 0 rings (SSSR count). The summed E-state index contributed by atoms with van der Waals surface area (Å²) >= 11 is 0. The van der Waals surface area contributed by atoms with Gasteiger partial charge in [0.2, 0.25) is 5.91 Å². The fraction of sp³-hybridized carbons (Fsp3) is 0.922. The van der Waals surface area contributed by atoms with E-state index in [0.717, 1.165) is 51.4 Å². The van der Waals surface area contributed by atoms with Gasteiger partial charge >= 0.3 is 5.97 Å². The van der Waals surface area contributed by atoms with E-state index in [0.29, 0.717) is 25.9 Å². The molecule has 3 N–H and O–H groups in total. The van der Waals surface area contributed by atoms with Gasteiger partial charge in [0, 0.05) is 12.8 Å². The Balaban J connectivity index is 3.35. The Labute approximate surface area is 520 Å². The van der Waals surface area contributed by atoms with Crippen LogP contribution in [0.3, 0.4) is 0 Å². The number of nitrogens with one attached hydrogen (secondary N) is 1. The Morgan fingerprint density at radius 3 is 0.940 bits per heavy atom. The van der Waals surface area contributed by atoms with Crippen LogP contribution in [-0.4, -0.2) is 47.4 Å². The second-order valence-corrected chi connectivity index (χ2v) is 26.3. The topological polar surface area (TPSA) is 95.9 Å². The van der Waals surface area contributed by atoms with E-state index in [1.807, 2.05) is 0 Å². The Bertz CT molecular complexity index is 1300. The summed E-state index contributed by atoms with van der Waals surface area (Å²) in [6.45, 7) is 4.97. The van der Waals surface area contributed by atoms with Crippen molar-refractivity contribution in [3.05, 3.63) is 24.3 Å². The summed E-state index contributed by atoms with van der Waals surface area (Å²) in [6, 6.07) is -0.540. The number of allylic oxidation sites excluding steroid dienone is 4. The summed E-state index contributed by atoms with van der Waals surface area (Å²) in [4.78, 5) is 24.6. The van der Waals surface area contributed by atoms with Gasteiger partial charge in [-0.1, -0.05) is 385 Å².